The quantitative estimate of drug-likeness (QED) is 0.539. The molecule has 10 heavy (non-hydrogen) atoms. The fourth-order valence-electron chi connectivity index (χ4n) is 1.34. The number of allylic oxidation sites excluding steroid dienone is 1. The van der Waals surface area contributed by atoms with E-state index in [1.54, 1.807) is 0 Å². The molecule has 2 heteroatoms. The predicted molar refractivity (Wildman–Crippen MR) is 39.7 cm³/mol. The Bertz CT molecular complexity index is 161. The Kier molecular flexibility index (Phi) is 2.00. The van der Waals surface area contributed by atoms with Gasteiger partial charge < -0.3 is 10.2 Å². The molecule has 0 aromatic rings. The van der Waals surface area contributed by atoms with Gasteiger partial charge in [-0.15, -0.1) is 0 Å². The highest BCUT2D eigenvalue weighted by Gasteiger charge is 2.21. The summed E-state index contributed by atoms with van der Waals surface area (Å²) in [6.45, 7) is 3.94. The average Bonchev–Trinajstić information content (AvgIpc) is 1.82. The van der Waals surface area contributed by atoms with Crippen LogP contribution in [0.25, 0.3) is 0 Å². The molecular formula is C8H14O2. The van der Waals surface area contributed by atoms with E-state index < -0.39 is 0 Å². The van der Waals surface area contributed by atoms with Crippen molar-refractivity contribution in [3.8, 4) is 0 Å². The monoisotopic (exact) mass is 142 g/mol. The second kappa shape index (κ2) is 2.62. The molecular weight excluding hydrogens is 128 g/mol. The molecule has 0 aliphatic heterocycles. The lowest BCUT2D eigenvalue weighted by molar-refractivity contribution is 0.122. The lowest BCUT2D eigenvalue weighted by atomic mass is 9.87. The lowest BCUT2D eigenvalue weighted by Gasteiger charge is -2.24. The summed E-state index contributed by atoms with van der Waals surface area (Å²) in [5, 5.41) is 18.4. The van der Waals surface area contributed by atoms with E-state index in [9.17, 15) is 10.2 Å². The first-order valence-corrected chi connectivity index (χ1v) is 3.68. The highest BCUT2D eigenvalue weighted by Crippen LogP contribution is 2.27. The second-order valence-electron chi connectivity index (χ2n) is 3.12. The van der Waals surface area contributed by atoms with Crippen molar-refractivity contribution in [2.45, 2.75) is 32.8 Å². The van der Waals surface area contributed by atoms with Crippen molar-refractivity contribution in [2.24, 2.45) is 5.92 Å². The van der Waals surface area contributed by atoms with Gasteiger partial charge in [-0.1, -0.05) is 6.92 Å². The average molecular weight is 142 g/mol. The number of hydrogen-bond acceptors (Lipinski definition) is 2. The van der Waals surface area contributed by atoms with Crippen LogP contribution in [-0.4, -0.2) is 16.3 Å². The van der Waals surface area contributed by atoms with E-state index in [-0.39, 0.29) is 6.10 Å². The van der Waals surface area contributed by atoms with Gasteiger partial charge in [0.25, 0.3) is 0 Å². The van der Waals surface area contributed by atoms with Crippen LogP contribution in [0.4, 0.5) is 0 Å². The zero-order valence-electron chi connectivity index (χ0n) is 6.46. The highest BCUT2D eigenvalue weighted by molar-refractivity contribution is 5.12. The van der Waals surface area contributed by atoms with Gasteiger partial charge in [-0.3, -0.25) is 0 Å². The third kappa shape index (κ3) is 1.32. The molecule has 2 nitrogen and oxygen atoms in total. The van der Waals surface area contributed by atoms with E-state index in [0.29, 0.717) is 18.1 Å². The zero-order chi connectivity index (χ0) is 7.72. The van der Waals surface area contributed by atoms with Gasteiger partial charge in [0.2, 0.25) is 0 Å². The fraction of sp³-hybridized carbons (Fsp3) is 0.750. The number of rotatable bonds is 0. The molecule has 2 N–H and O–H groups in total. The normalized spacial score (nSPS) is 34.7. The summed E-state index contributed by atoms with van der Waals surface area (Å²) < 4.78 is 0. The Morgan fingerprint density at radius 2 is 2.10 bits per heavy atom. The summed E-state index contributed by atoms with van der Waals surface area (Å²) >= 11 is 0. The van der Waals surface area contributed by atoms with Crippen LogP contribution in [0.2, 0.25) is 0 Å². The number of aliphatic hydroxyl groups excluding tert-OH is 2. The van der Waals surface area contributed by atoms with Crippen molar-refractivity contribution in [1.82, 2.24) is 0 Å². The van der Waals surface area contributed by atoms with E-state index in [2.05, 4.69) is 0 Å². The largest absolute Gasteiger partial charge is 0.512 e. The molecule has 1 rings (SSSR count). The van der Waals surface area contributed by atoms with Crippen molar-refractivity contribution in [2.75, 3.05) is 0 Å². The second-order valence-corrected chi connectivity index (χ2v) is 3.12. The van der Waals surface area contributed by atoms with E-state index in [1.807, 2.05) is 13.8 Å². The molecule has 2 unspecified atom stereocenters. The van der Waals surface area contributed by atoms with Gasteiger partial charge in [-0.2, -0.15) is 0 Å². The summed E-state index contributed by atoms with van der Waals surface area (Å²) in [7, 11) is 0. The molecule has 0 aromatic carbocycles. The van der Waals surface area contributed by atoms with Gasteiger partial charge in [0.05, 0.1) is 11.9 Å². The van der Waals surface area contributed by atoms with Gasteiger partial charge in [0.15, 0.2) is 0 Å². The third-order valence-corrected chi connectivity index (χ3v) is 2.25. The maximum Gasteiger partial charge on any atom is 0.0940 e. The Hall–Kier alpha value is -0.500. The molecule has 1 aliphatic carbocycles. The van der Waals surface area contributed by atoms with E-state index in [1.165, 1.54) is 0 Å². The maximum absolute atomic E-state index is 9.24. The van der Waals surface area contributed by atoms with Crippen LogP contribution in [0.5, 0.6) is 0 Å². The molecule has 0 bridgehead atoms. The molecule has 0 amide bonds. The van der Waals surface area contributed by atoms with Crippen LogP contribution < -0.4 is 0 Å². The van der Waals surface area contributed by atoms with Crippen LogP contribution in [0, 0.1) is 5.92 Å². The highest BCUT2D eigenvalue weighted by atomic mass is 16.3. The summed E-state index contributed by atoms with van der Waals surface area (Å²) in [6, 6.07) is 0. The zero-order valence-corrected chi connectivity index (χ0v) is 6.46. The van der Waals surface area contributed by atoms with Crippen LogP contribution in [0.1, 0.15) is 26.7 Å². The molecule has 0 aromatic heterocycles. The third-order valence-electron chi connectivity index (χ3n) is 2.25. The van der Waals surface area contributed by atoms with Crippen molar-refractivity contribution < 1.29 is 10.2 Å². The minimum Gasteiger partial charge on any atom is -0.512 e. The van der Waals surface area contributed by atoms with Crippen molar-refractivity contribution in [1.29, 1.82) is 0 Å². The van der Waals surface area contributed by atoms with Crippen molar-refractivity contribution >= 4 is 0 Å². The molecule has 58 valence electrons. The summed E-state index contributed by atoms with van der Waals surface area (Å²) in [6.07, 6.45) is 0.894. The fourth-order valence-corrected chi connectivity index (χ4v) is 1.34. The number of aliphatic hydroxyl groups is 2. The van der Waals surface area contributed by atoms with E-state index in [0.717, 1.165) is 12.0 Å². The first kappa shape index (κ1) is 7.61. The topological polar surface area (TPSA) is 40.5 Å². The van der Waals surface area contributed by atoms with Gasteiger partial charge >= 0.3 is 0 Å². The van der Waals surface area contributed by atoms with E-state index in [4.69, 9.17) is 0 Å². The molecule has 2 atom stereocenters. The lowest BCUT2D eigenvalue weighted by Crippen LogP contribution is -2.20. The maximum atomic E-state index is 9.24. The standard InChI is InChI=1S/C8H14O2/c1-5-3-7(9)4-8(10)6(5)2/h5,7,9-10H,3-4H2,1-2H3. The molecule has 0 radical (unpaired) electrons. The molecule has 0 spiro atoms. The first-order valence-electron chi connectivity index (χ1n) is 3.68. The molecule has 0 saturated heterocycles. The SMILES string of the molecule is CC1=C(O)CC(O)CC1C. The number of hydrogen-bond donors (Lipinski definition) is 2. The summed E-state index contributed by atoms with van der Waals surface area (Å²) in [5.74, 6) is 0.718. The molecule has 0 heterocycles. The van der Waals surface area contributed by atoms with Gasteiger partial charge in [-0.25, -0.2) is 0 Å². The Morgan fingerprint density at radius 3 is 2.60 bits per heavy atom. The van der Waals surface area contributed by atoms with Gasteiger partial charge in [-0.05, 0) is 24.8 Å². The van der Waals surface area contributed by atoms with Gasteiger partial charge in [0.1, 0.15) is 0 Å². The van der Waals surface area contributed by atoms with Crippen LogP contribution in [0.3, 0.4) is 0 Å². The minimum absolute atomic E-state index is 0.335. The van der Waals surface area contributed by atoms with Gasteiger partial charge in [0, 0.05) is 6.42 Å². The van der Waals surface area contributed by atoms with E-state index >= 15 is 0 Å². The Labute approximate surface area is 61.2 Å². The first-order chi connectivity index (χ1) is 4.61. The van der Waals surface area contributed by atoms with Crippen molar-refractivity contribution in [3.63, 3.8) is 0 Å². The summed E-state index contributed by atoms with van der Waals surface area (Å²) in [5.41, 5.74) is 1.03. The van der Waals surface area contributed by atoms with Crippen LogP contribution in [0.15, 0.2) is 11.3 Å². The summed E-state index contributed by atoms with van der Waals surface area (Å²) in [4.78, 5) is 0. The molecule has 1 aliphatic rings. The Balaban J connectivity index is 2.74. The smallest absolute Gasteiger partial charge is 0.0940 e. The Morgan fingerprint density at radius 1 is 1.50 bits per heavy atom. The molecule has 0 saturated carbocycles. The predicted octanol–water partition coefficient (Wildman–Crippen LogP) is 1.61. The van der Waals surface area contributed by atoms with Crippen molar-refractivity contribution in [3.05, 3.63) is 11.3 Å². The van der Waals surface area contributed by atoms with Crippen LogP contribution in [-0.2, 0) is 0 Å². The molecule has 0 fully saturated rings. The minimum atomic E-state index is -0.335. The van der Waals surface area contributed by atoms with Crippen LogP contribution >= 0.6 is 0 Å².